The maximum atomic E-state index is 3.49. The van der Waals surface area contributed by atoms with Crippen molar-refractivity contribution in [1.82, 2.24) is 9.97 Å². The van der Waals surface area contributed by atoms with Gasteiger partial charge in [-0.25, -0.2) is 0 Å². The van der Waals surface area contributed by atoms with Gasteiger partial charge in [-0.05, 0) is 48.5 Å². The van der Waals surface area contributed by atoms with Crippen molar-refractivity contribution in [3.05, 3.63) is 93.9 Å². The lowest BCUT2D eigenvalue weighted by Crippen LogP contribution is -1.66. The number of aromatic amines is 2. The molecule has 0 unspecified atom stereocenters. The predicted molar refractivity (Wildman–Crippen MR) is 127 cm³/mol. The molecule has 0 saturated carbocycles. The van der Waals surface area contributed by atoms with Gasteiger partial charge in [0, 0.05) is 52.6 Å². The van der Waals surface area contributed by atoms with Gasteiger partial charge in [-0.2, -0.15) is 0 Å². The minimum absolute atomic E-state index is 1.12. The fourth-order valence-corrected chi connectivity index (χ4v) is 4.36. The quantitative estimate of drug-likeness (QED) is 0.215. The largest absolute Gasteiger partial charge is 0.355 e. The first-order valence-corrected chi connectivity index (χ1v) is 10.6. The fourth-order valence-electron chi connectivity index (χ4n) is 3.64. The summed E-state index contributed by atoms with van der Waals surface area (Å²) in [5.74, 6) is 0. The molecule has 28 heavy (non-hydrogen) atoms. The lowest BCUT2D eigenvalue weighted by Gasteiger charge is -1.91. The molecule has 0 radical (unpaired) electrons. The van der Waals surface area contributed by atoms with Gasteiger partial charge in [0.15, 0.2) is 0 Å². The highest BCUT2D eigenvalue weighted by atomic mass is 79.9. The number of H-pyrrole nitrogens is 2. The van der Waals surface area contributed by atoms with E-state index in [1.807, 2.05) is 12.1 Å². The van der Waals surface area contributed by atoms with Crippen molar-refractivity contribution in [2.45, 2.75) is 0 Å². The van der Waals surface area contributed by atoms with Crippen LogP contribution in [0.4, 0.5) is 0 Å². The molecule has 2 aromatic heterocycles. The Morgan fingerprint density at radius 2 is 0.821 bits per heavy atom. The van der Waals surface area contributed by atoms with Crippen LogP contribution in [0.2, 0.25) is 0 Å². The maximum absolute atomic E-state index is 3.49. The van der Waals surface area contributed by atoms with Gasteiger partial charge in [-0.15, -0.1) is 0 Å². The lowest BCUT2D eigenvalue weighted by molar-refractivity contribution is 1.54. The molecule has 0 spiro atoms. The number of benzene rings is 4. The van der Waals surface area contributed by atoms with Crippen molar-refractivity contribution in [2.75, 3.05) is 0 Å². The molecule has 2 heterocycles. The highest BCUT2D eigenvalue weighted by Gasteiger charge is 2.03. The SMILES string of the molecule is Brc1ccc2[nH]c3ccccc3c2c1.Brc1ccc2[nH]c3ccccc3c2c1. The van der Waals surface area contributed by atoms with Crippen LogP contribution in [0.5, 0.6) is 0 Å². The summed E-state index contributed by atoms with van der Waals surface area (Å²) in [6.45, 7) is 0. The van der Waals surface area contributed by atoms with E-state index in [2.05, 4.69) is 115 Å². The van der Waals surface area contributed by atoms with E-state index in [0.717, 1.165) is 8.95 Å². The number of para-hydroxylation sites is 2. The molecule has 6 aromatic rings. The van der Waals surface area contributed by atoms with Crippen LogP contribution in [0.15, 0.2) is 93.9 Å². The van der Waals surface area contributed by atoms with E-state index in [-0.39, 0.29) is 0 Å². The standard InChI is InChI=1S/2C12H8BrN/c2*13-8-5-6-12-10(7-8)9-3-1-2-4-11(9)14-12/h2*1-7,14H. The molecule has 4 heteroatoms. The Balaban J connectivity index is 0.000000122. The minimum Gasteiger partial charge on any atom is -0.355 e. The zero-order valence-corrected chi connectivity index (χ0v) is 18.0. The normalized spacial score (nSPS) is 11.2. The van der Waals surface area contributed by atoms with Gasteiger partial charge >= 0.3 is 0 Å². The average molecular weight is 492 g/mol. The molecule has 0 aliphatic rings. The van der Waals surface area contributed by atoms with Crippen molar-refractivity contribution in [2.24, 2.45) is 0 Å². The van der Waals surface area contributed by atoms with Gasteiger partial charge in [0.05, 0.1) is 0 Å². The first kappa shape index (κ1) is 17.5. The second-order valence-corrected chi connectivity index (χ2v) is 8.55. The van der Waals surface area contributed by atoms with Crippen LogP contribution < -0.4 is 0 Å². The molecule has 0 fully saturated rings. The number of fused-ring (bicyclic) bond motifs is 6. The maximum Gasteiger partial charge on any atom is 0.0465 e. The summed E-state index contributed by atoms with van der Waals surface area (Å²) in [5, 5.41) is 5.11. The molecule has 0 aliphatic carbocycles. The van der Waals surface area contributed by atoms with Crippen molar-refractivity contribution in [1.29, 1.82) is 0 Å². The van der Waals surface area contributed by atoms with Crippen LogP contribution >= 0.6 is 31.9 Å². The minimum atomic E-state index is 1.12. The molecule has 2 nitrogen and oxygen atoms in total. The molecular weight excluding hydrogens is 476 g/mol. The van der Waals surface area contributed by atoms with E-state index in [9.17, 15) is 0 Å². The van der Waals surface area contributed by atoms with Crippen LogP contribution in [-0.2, 0) is 0 Å². The van der Waals surface area contributed by atoms with E-state index in [0.29, 0.717) is 0 Å². The summed E-state index contributed by atoms with van der Waals surface area (Å²) in [5.41, 5.74) is 4.77. The van der Waals surface area contributed by atoms with Gasteiger partial charge < -0.3 is 9.97 Å². The van der Waals surface area contributed by atoms with E-state index < -0.39 is 0 Å². The Kier molecular flexibility index (Phi) is 4.46. The Bertz CT molecular complexity index is 1330. The smallest absolute Gasteiger partial charge is 0.0465 e. The zero-order valence-electron chi connectivity index (χ0n) is 14.8. The monoisotopic (exact) mass is 490 g/mol. The number of rotatable bonds is 0. The molecule has 0 bridgehead atoms. The first-order chi connectivity index (χ1) is 13.7. The molecule has 6 rings (SSSR count). The lowest BCUT2D eigenvalue weighted by atomic mass is 10.2. The summed E-state index contributed by atoms with van der Waals surface area (Å²) in [6.07, 6.45) is 0. The molecule has 4 aromatic carbocycles. The number of nitrogens with one attached hydrogen (secondary N) is 2. The summed E-state index contributed by atoms with van der Waals surface area (Å²) < 4.78 is 2.24. The van der Waals surface area contributed by atoms with E-state index >= 15 is 0 Å². The summed E-state index contributed by atoms with van der Waals surface area (Å²) in [6, 6.07) is 29.3. The molecule has 0 saturated heterocycles. The molecule has 2 N–H and O–H groups in total. The molecular formula is C24H16Br2N2. The second kappa shape index (κ2) is 7.12. The Morgan fingerprint density at radius 1 is 0.429 bits per heavy atom. The van der Waals surface area contributed by atoms with E-state index in [1.165, 1.54) is 43.6 Å². The Labute approximate surface area is 178 Å². The highest BCUT2D eigenvalue weighted by Crippen LogP contribution is 2.28. The Morgan fingerprint density at radius 3 is 1.29 bits per heavy atom. The van der Waals surface area contributed by atoms with Crippen molar-refractivity contribution in [3.63, 3.8) is 0 Å². The number of hydrogen-bond donors (Lipinski definition) is 2. The molecule has 0 amide bonds. The third kappa shape index (κ3) is 3.13. The summed E-state index contributed by atoms with van der Waals surface area (Å²) in [7, 11) is 0. The van der Waals surface area contributed by atoms with Crippen LogP contribution in [0.25, 0.3) is 43.6 Å². The topological polar surface area (TPSA) is 31.6 Å². The van der Waals surface area contributed by atoms with Crippen LogP contribution in [0.1, 0.15) is 0 Å². The van der Waals surface area contributed by atoms with Gasteiger partial charge in [-0.3, -0.25) is 0 Å². The average Bonchev–Trinajstić information content (AvgIpc) is 3.26. The molecule has 136 valence electrons. The third-order valence-corrected chi connectivity index (χ3v) is 5.92. The van der Waals surface area contributed by atoms with Gasteiger partial charge in [0.25, 0.3) is 0 Å². The van der Waals surface area contributed by atoms with E-state index in [4.69, 9.17) is 0 Å². The van der Waals surface area contributed by atoms with Gasteiger partial charge in [0.1, 0.15) is 0 Å². The second-order valence-electron chi connectivity index (χ2n) is 6.72. The molecule has 0 aliphatic heterocycles. The summed E-state index contributed by atoms with van der Waals surface area (Å²) >= 11 is 6.98. The Hall–Kier alpha value is -2.56. The van der Waals surface area contributed by atoms with Crippen molar-refractivity contribution < 1.29 is 0 Å². The van der Waals surface area contributed by atoms with Crippen molar-refractivity contribution in [3.8, 4) is 0 Å². The van der Waals surface area contributed by atoms with Crippen LogP contribution in [0, 0.1) is 0 Å². The highest BCUT2D eigenvalue weighted by molar-refractivity contribution is 9.10. The summed E-state index contributed by atoms with van der Waals surface area (Å²) in [4.78, 5) is 6.77. The van der Waals surface area contributed by atoms with Gasteiger partial charge in [0.2, 0.25) is 0 Å². The van der Waals surface area contributed by atoms with E-state index in [1.54, 1.807) is 0 Å². The predicted octanol–water partition coefficient (Wildman–Crippen LogP) is 8.17. The third-order valence-electron chi connectivity index (χ3n) is 4.94. The van der Waals surface area contributed by atoms with Crippen LogP contribution in [0.3, 0.4) is 0 Å². The first-order valence-electron chi connectivity index (χ1n) is 9.01. The number of hydrogen-bond acceptors (Lipinski definition) is 0. The number of aromatic nitrogens is 2. The zero-order chi connectivity index (χ0) is 19.1. The molecule has 0 atom stereocenters. The van der Waals surface area contributed by atoms with Gasteiger partial charge in [-0.1, -0.05) is 68.3 Å². The number of halogens is 2. The van der Waals surface area contributed by atoms with Crippen molar-refractivity contribution >= 4 is 75.5 Å². The van der Waals surface area contributed by atoms with Crippen LogP contribution in [-0.4, -0.2) is 9.97 Å². The fraction of sp³-hybridized carbons (Fsp3) is 0.